The van der Waals surface area contributed by atoms with Crippen LogP contribution in [-0.2, 0) is 11.3 Å². The molecule has 0 aliphatic carbocycles. The SMILES string of the molecule is CC1CN(c2nc(-c3cc(-c4ccon4)n(Cc4ccccc4F)n3)ncc2F)CC1C(=O)O. The Labute approximate surface area is 192 Å². The number of carbonyl (C=O) groups is 1. The van der Waals surface area contributed by atoms with Crippen molar-refractivity contribution in [1.82, 2.24) is 24.9 Å². The highest BCUT2D eigenvalue weighted by Gasteiger charge is 2.36. The third-order valence-corrected chi connectivity index (χ3v) is 5.94. The fourth-order valence-corrected chi connectivity index (χ4v) is 4.15. The van der Waals surface area contributed by atoms with Crippen molar-refractivity contribution in [2.45, 2.75) is 13.5 Å². The van der Waals surface area contributed by atoms with Gasteiger partial charge in [-0.15, -0.1) is 0 Å². The van der Waals surface area contributed by atoms with Gasteiger partial charge in [-0.1, -0.05) is 30.3 Å². The summed E-state index contributed by atoms with van der Waals surface area (Å²) in [5.41, 5.74) is 1.78. The first kappa shape index (κ1) is 21.7. The quantitative estimate of drug-likeness (QED) is 0.460. The number of carboxylic acid groups (broad SMARTS) is 1. The number of hydrogen-bond donors (Lipinski definition) is 1. The number of aliphatic carboxylic acids is 1. The van der Waals surface area contributed by atoms with Gasteiger partial charge in [0.05, 0.1) is 24.4 Å². The first-order chi connectivity index (χ1) is 16.4. The van der Waals surface area contributed by atoms with Gasteiger partial charge in [0.2, 0.25) is 0 Å². The molecule has 0 bridgehead atoms. The lowest BCUT2D eigenvalue weighted by Gasteiger charge is -2.17. The summed E-state index contributed by atoms with van der Waals surface area (Å²) in [7, 11) is 0. The van der Waals surface area contributed by atoms with Crippen LogP contribution in [0, 0.1) is 23.5 Å². The van der Waals surface area contributed by atoms with E-state index in [0.29, 0.717) is 29.2 Å². The Balaban J connectivity index is 1.52. The van der Waals surface area contributed by atoms with E-state index < -0.39 is 17.7 Å². The first-order valence-electron chi connectivity index (χ1n) is 10.6. The molecule has 0 saturated carbocycles. The molecule has 0 radical (unpaired) electrons. The van der Waals surface area contributed by atoms with Crippen LogP contribution < -0.4 is 4.90 Å². The van der Waals surface area contributed by atoms with Crippen LogP contribution in [0.25, 0.3) is 22.9 Å². The molecule has 34 heavy (non-hydrogen) atoms. The first-order valence-corrected chi connectivity index (χ1v) is 10.6. The van der Waals surface area contributed by atoms with Gasteiger partial charge in [-0.05, 0) is 18.1 Å². The molecular formula is C23H20F2N6O3. The van der Waals surface area contributed by atoms with Gasteiger partial charge in [0.15, 0.2) is 17.5 Å². The summed E-state index contributed by atoms with van der Waals surface area (Å²) >= 11 is 0. The molecule has 4 heterocycles. The average Bonchev–Trinajstić information content (AvgIpc) is 3.55. The van der Waals surface area contributed by atoms with Crippen LogP contribution in [0.4, 0.5) is 14.6 Å². The topological polar surface area (TPSA) is 110 Å². The van der Waals surface area contributed by atoms with Crippen molar-refractivity contribution in [2.75, 3.05) is 18.0 Å². The molecule has 4 aromatic rings. The predicted molar refractivity (Wildman–Crippen MR) is 117 cm³/mol. The van der Waals surface area contributed by atoms with Crippen molar-refractivity contribution in [2.24, 2.45) is 11.8 Å². The molecule has 11 heteroatoms. The molecule has 1 saturated heterocycles. The van der Waals surface area contributed by atoms with Gasteiger partial charge in [0.25, 0.3) is 0 Å². The van der Waals surface area contributed by atoms with Crippen LogP contribution in [0.2, 0.25) is 0 Å². The molecule has 2 unspecified atom stereocenters. The largest absolute Gasteiger partial charge is 0.481 e. The summed E-state index contributed by atoms with van der Waals surface area (Å²) < 4.78 is 35.4. The van der Waals surface area contributed by atoms with Crippen molar-refractivity contribution in [1.29, 1.82) is 0 Å². The number of anilines is 1. The molecule has 1 fully saturated rings. The third-order valence-electron chi connectivity index (χ3n) is 5.94. The summed E-state index contributed by atoms with van der Waals surface area (Å²) in [5, 5.41) is 17.9. The van der Waals surface area contributed by atoms with Gasteiger partial charge in [0.1, 0.15) is 23.5 Å². The summed E-state index contributed by atoms with van der Waals surface area (Å²) in [4.78, 5) is 21.6. The van der Waals surface area contributed by atoms with Gasteiger partial charge >= 0.3 is 5.97 Å². The van der Waals surface area contributed by atoms with Crippen LogP contribution in [-0.4, -0.2) is 49.1 Å². The molecule has 0 amide bonds. The van der Waals surface area contributed by atoms with Crippen LogP contribution in [0.5, 0.6) is 0 Å². The Morgan fingerprint density at radius 3 is 2.71 bits per heavy atom. The predicted octanol–water partition coefficient (Wildman–Crippen LogP) is 3.48. The minimum atomic E-state index is -0.922. The van der Waals surface area contributed by atoms with E-state index in [9.17, 15) is 18.7 Å². The zero-order valence-corrected chi connectivity index (χ0v) is 18.1. The standard InChI is InChI=1S/C23H20F2N6O3/c1-13-10-30(12-15(13)23(32)33)22-17(25)9-26-21(27-22)19-8-20(18-6-7-34-29-18)31(28-19)11-14-4-2-3-5-16(14)24/h2-9,13,15H,10-12H2,1H3,(H,32,33). The normalized spacial score (nSPS) is 17.9. The highest BCUT2D eigenvalue weighted by molar-refractivity contribution is 5.72. The Hall–Kier alpha value is -4.15. The summed E-state index contributed by atoms with van der Waals surface area (Å²) in [6.07, 6.45) is 2.46. The van der Waals surface area contributed by atoms with Gasteiger partial charge in [-0.2, -0.15) is 5.10 Å². The number of halogens is 2. The highest BCUT2D eigenvalue weighted by Crippen LogP contribution is 2.31. The highest BCUT2D eigenvalue weighted by atomic mass is 19.1. The van der Waals surface area contributed by atoms with E-state index in [0.717, 1.165) is 6.20 Å². The number of rotatable bonds is 6. The summed E-state index contributed by atoms with van der Waals surface area (Å²) in [5.74, 6) is -2.54. The molecule has 5 rings (SSSR count). The number of nitrogens with zero attached hydrogens (tertiary/aromatic N) is 6. The van der Waals surface area contributed by atoms with Gasteiger partial charge in [-0.3, -0.25) is 9.48 Å². The van der Waals surface area contributed by atoms with Crippen LogP contribution in [0.1, 0.15) is 12.5 Å². The molecule has 0 spiro atoms. The van der Waals surface area contributed by atoms with Gasteiger partial charge < -0.3 is 14.5 Å². The van der Waals surface area contributed by atoms with E-state index >= 15 is 0 Å². The minimum absolute atomic E-state index is 0.0206. The van der Waals surface area contributed by atoms with Crippen LogP contribution in [0.15, 0.2) is 53.4 Å². The second-order valence-corrected chi connectivity index (χ2v) is 8.24. The number of carboxylic acids is 1. The lowest BCUT2D eigenvalue weighted by molar-refractivity contribution is -0.142. The lowest BCUT2D eigenvalue weighted by atomic mass is 9.99. The lowest BCUT2D eigenvalue weighted by Crippen LogP contribution is -2.25. The van der Waals surface area contributed by atoms with E-state index in [1.807, 2.05) is 6.92 Å². The number of hydrogen-bond acceptors (Lipinski definition) is 7. The molecule has 1 aliphatic heterocycles. The molecule has 2 atom stereocenters. The van der Waals surface area contributed by atoms with Crippen molar-refractivity contribution in [3.8, 4) is 22.9 Å². The smallest absolute Gasteiger partial charge is 0.308 e. The average molecular weight is 466 g/mol. The Morgan fingerprint density at radius 2 is 2.00 bits per heavy atom. The minimum Gasteiger partial charge on any atom is -0.481 e. The van der Waals surface area contributed by atoms with E-state index in [1.54, 1.807) is 39.9 Å². The van der Waals surface area contributed by atoms with Crippen LogP contribution in [0.3, 0.4) is 0 Å². The molecule has 1 aromatic carbocycles. The van der Waals surface area contributed by atoms with E-state index in [4.69, 9.17) is 4.52 Å². The maximum absolute atomic E-state index is 14.6. The molecule has 1 aliphatic rings. The van der Waals surface area contributed by atoms with Crippen molar-refractivity contribution in [3.05, 3.63) is 66.1 Å². The fraction of sp³-hybridized carbons (Fsp3) is 0.261. The van der Waals surface area contributed by atoms with Gasteiger partial charge in [0, 0.05) is 24.7 Å². The zero-order chi connectivity index (χ0) is 23.8. The van der Waals surface area contributed by atoms with Crippen molar-refractivity contribution in [3.63, 3.8) is 0 Å². The maximum atomic E-state index is 14.6. The van der Waals surface area contributed by atoms with E-state index in [-0.39, 0.29) is 36.5 Å². The van der Waals surface area contributed by atoms with Crippen molar-refractivity contribution >= 4 is 11.8 Å². The molecule has 174 valence electrons. The Bertz CT molecular complexity index is 1340. The Morgan fingerprint density at radius 1 is 1.18 bits per heavy atom. The second kappa shape index (κ2) is 8.65. The molecule has 9 nitrogen and oxygen atoms in total. The number of aromatic nitrogens is 5. The second-order valence-electron chi connectivity index (χ2n) is 8.24. The molecular weight excluding hydrogens is 446 g/mol. The monoisotopic (exact) mass is 466 g/mol. The van der Waals surface area contributed by atoms with E-state index in [1.165, 1.54) is 12.3 Å². The van der Waals surface area contributed by atoms with Crippen molar-refractivity contribution < 1.29 is 23.2 Å². The van der Waals surface area contributed by atoms with Gasteiger partial charge in [-0.25, -0.2) is 18.7 Å². The molecule has 3 aromatic heterocycles. The Kier molecular flexibility index (Phi) is 5.52. The zero-order valence-electron chi connectivity index (χ0n) is 18.1. The van der Waals surface area contributed by atoms with Crippen LogP contribution >= 0.6 is 0 Å². The maximum Gasteiger partial charge on any atom is 0.308 e. The fourth-order valence-electron chi connectivity index (χ4n) is 4.15. The third kappa shape index (κ3) is 4.00. The summed E-state index contributed by atoms with van der Waals surface area (Å²) in [6.45, 7) is 2.44. The van der Waals surface area contributed by atoms with E-state index in [2.05, 4.69) is 20.2 Å². The molecule has 1 N–H and O–H groups in total. The number of benzene rings is 1. The summed E-state index contributed by atoms with van der Waals surface area (Å²) in [6, 6.07) is 9.68.